The number of amides is 1. The largest absolute Gasteiger partial charge is 0.494 e. The van der Waals surface area contributed by atoms with Crippen molar-refractivity contribution in [1.82, 2.24) is 4.90 Å². The number of rotatable bonds is 2. The summed E-state index contributed by atoms with van der Waals surface area (Å²) in [5.74, 6) is 1.58. The minimum atomic E-state index is -0.201. The summed E-state index contributed by atoms with van der Waals surface area (Å²) in [7, 11) is 1.47. The molecule has 4 rings (SSSR count). The third kappa shape index (κ3) is 2.77. The molecule has 7 heteroatoms. The molecule has 130 valence electrons. The Labute approximate surface area is 155 Å². The molecule has 0 fully saturated rings. The zero-order valence-corrected chi connectivity index (χ0v) is 15.0. The van der Waals surface area contributed by atoms with Gasteiger partial charge in [-0.15, -0.1) is 0 Å². The fraction of sp³-hybridized carbons (Fsp3) is 0.278. The number of nitrogens with zero attached hydrogens (tertiary/aromatic N) is 1. The molecule has 25 heavy (non-hydrogen) atoms. The van der Waals surface area contributed by atoms with Crippen molar-refractivity contribution in [3.8, 4) is 17.2 Å². The average molecular weight is 380 g/mol. The van der Waals surface area contributed by atoms with Crippen molar-refractivity contribution in [1.29, 1.82) is 0 Å². The topological polar surface area (TPSA) is 48.0 Å². The molecule has 0 aromatic heterocycles. The van der Waals surface area contributed by atoms with Crippen molar-refractivity contribution in [2.24, 2.45) is 0 Å². The van der Waals surface area contributed by atoms with Crippen molar-refractivity contribution < 1.29 is 19.0 Å². The molecule has 0 unspecified atom stereocenters. The van der Waals surface area contributed by atoms with Gasteiger partial charge in [0.25, 0.3) is 5.91 Å². The predicted molar refractivity (Wildman–Crippen MR) is 94.0 cm³/mol. The Morgan fingerprint density at radius 3 is 2.52 bits per heavy atom. The maximum absolute atomic E-state index is 13.0. The van der Waals surface area contributed by atoms with E-state index in [2.05, 4.69) is 0 Å². The van der Waals surface area contributed by atoms with Gasteiger partial charge in [-0.3, -0.25) is 4.79 Å². The minimum Gasteiger partial charge on any atom is -0.494 e. The van der Waals surface area contributed by atoms with Gasteiger partial charge < -0.3 is 19.1 Å². The smallest absolute Gasteiger partial charge is 0.259 e. The molecule has 1 amide bonds. The molecule has 2 aliphatic rings. The number of carbonyl (C=O) groups excluding carboxylic acids is 1. The third-order valence-electron chi connectivity index (χ3n) is 4.47. The Hall–Kier alpha value is -2.11. The molecule has 0 atom stereocenters. The van der Waals surface area contributed by atoms with Gasteiger partial charge >= 0.3 is 0 Å². The molecule has 5 nitrogen and oxygen atoms in total. The van der Waals surface area contributed by atoms with Gasteiger partial charge in [0.05, 0.1) is 17.2 Å². The summed E-state index contributed by atoms with van der Waals surface area (Å²) in [5, 5.41) is 0.679. The van der Waals surface area contributed by atoms with E-state index in [0.29, 0.717) is 40.2 Å². The number of ether oxygens (including phenoxy) is 3. The summed E-state index contributed by atoms with van der Waals surface area (Å²) >= 11 is 12.4. The summed E-state index contributed by atoms with van der Waals surface area (Å²) in [6.45, 7) is 1.28. The Balaban J connectivity index is 1.66. The van der Waals surface area contributed by atoms with Crippen LogP contribution in [0.2, 0.25) is 10.0 Å². The fourth-order valence-electron chi connectivity index (χ4n) is 3.21. The van der Waals surface area contributed by atoms with Crippen LogP contribution in [-0.2, 0) is 13.0 Å². The van der Waals surface area contributed by atoms with Crippen LogP contribution in [0.3, 0.4) is 0 Å². The second-order valence-corrected chi connectivity index (χ2v) is 6.70. The van der Waals surface area contributed by atoms with Gasteiger partial charge in [0, 0.05) is 13.1 Å². The standard InChI is InChI=1S/C18H15Cl2NO4/c1-23-17-13(20)3-2-12(19)16(17)18(22)21-5-4-10-6-14-15(25-9-24-14)7-11(10)8-21/h2-3,6-7H,4-5,8-9H2,1H3. The molecule has 0 spiro atoms. The normalized spacial score (nSPS) is 15.1. The van der Waals surface area contributed by atoms with E-state index in [1.165, 1.54) is 7.11 Å². The monoisotopic (exact) mass is 379 g/mol. The SMILES string of the molecule is COc1c(Cl)ccc(Cl)c1C(=O)N1CCc2cc3c(cc2C1)OCO3. The number of hydrogen-bond donors (Lipinski definition) is 0. The summed E-state index contributed by atoms with van der Waals surface area (Å²) in [6.07, 6.45) is 0.734. The summed E-state index contributed by atoms with van der Waals surface area (Å²) in [4.78, 5) is 14.8. The Kier molecular flexibility index (Phi) is 4.13. The van der Waals surface area contributed by atoms with Crippen molar-refractivity contribution in [2.75, 3.05) is 20.4 Å². The lowest BCUT2D eigenvalue weighted by atomic mass is 9.98. The number of carbonyl (C=O) groups is 1. The van der Waals surface area contributed by atoms with Crippen LogP contribution in [0, 0.1) is 0 Å². The zero-order valence-electron chi connectivity index (χ0n) is 13.5. The van der Waals surface area contributed by atoms with Gasteiger partial charge in [-0.2, -0.15) is 0 Å². The molecule has 0 bridgehead atoms. The van der Waals surface area contributed by atoms with Gasteiger partial charge in [0.15, 0.2) is 17.2 Å². The van der Waals surface area contributed by atoms with E-state index in [4.69, 9.17) is 37.4 Å². The predicted octanol–water partition coefficient (Wildman–Crippen LogP) is 3.93. The molecule has 2 aromatic carbocycles. The van der Waals surface area contributed by atoms with Gasteiger partial charge in [-0.05, 0) is 41.8 Å². The van der Waals surface area contributed by atoms with Crippen molar-refractivity contribution in [3.05, 3.63) is 51.0 Å². The number of fused-ring (bicyclic) bond motifs is 2. The quantitative estimate of drug-likeness (QED) is 0.792. The molecule has 0 radical (unpaired) electrons. The van der Waals surface area contributed by atoms with Gasteiger partial charge in [0.1, 0.15) is 5.56 Å². The lowest BCUT2D eigenvalue weighted by Crippen LogP contribution is -2.36. The van der Waals surface area contributed by atoms with Crippen molar-refractivity contribution >= 4 is 29.1 Å². The molecule has 0 aliphatic carbocycles. The highest BCUT2D eigenvalue weighted by Gasteiger charge is 2.29. The van der Waals surface area contributed by atoms with Gasteiger partial charge in [-0.1, -0.05) is 23.2 Å². The number of halogens is 2. The first-order chi connectivity index (χ1) is 12.1. The molecule has 0 N–H and O–H groups in total. The molecule has 2 heterocycles. The van der Waals surface area contributed by atoms with E-state index < -0.39 is 0 Å². The molecule has 2 aliphatic heterocycles. The van der Waals surface area contributed by atoms with Crippen LogP contribution < -0.4 is 14.2 Å². The van der Waals surface area contributed by atoms with E-state index in [0.717, 1.165) is 23.3 Å². The molecule has 2 aromatic rings. The number of benzene rings is 2. The van der Waals surface area contributed by atoms with Crippen LogP contribution >= 0.6 is 23.2 Å². The summed E-state index contributed by atoms with van der Waals surface area (Å²) < 4.78 is 16.1. The van der Waals surface area contributed by atoms with Crippen LogP contribution in [0.5, 0.6) is 17.2 Å². The van der Waals surface area contributed by atoms with Crippen molar-refractivity contribution in [2.45, 2.75) is 13.0 Å². The maximum Gasteiger partial charge on any atom is 0.259 e. The van der Waals surface area contributed by atoms with Crippen LogP contribution in [0.1, 0.15) is 21.5 Å². The highest BCUT2D eigenvalue weighted by atomic mass is 35.5. The second-order valence-electron chi connectivity index (χ2n) is 5.89. The highest BCUT2D eigenvalue weighted by molar-refractivity contribution is 6.37. The van der Waals surface area contributed by atoms with Gasteiger partial charge in [-0.25, -0.2) is 0 Å². The van der Waals surface area contributed by atoms with E-state index in [9.17, 15) is 4.79 Å². The minimum absolute atomic E-state index is 0.201. The van der Waals surface area contributed by atoms with E-state index in [1.807, 2.05) is 12.1 Å². The first-order valence-corrected chi connectivity index (χ1v) is 8.56. The lowest BCUT2D eigenvalue weighted by Gasteiger charge is -2.30. The third-order valence-corrected chi connectivity index (χ3v) is 5.08. The Morgan fingerprint density at radius 2 is 1.80 bits per heavy atom. The van der Waals surface area contributed by atoms with Crippen LogP contribution in [-0.4, -0.2) is 31.3 Å². The first-order valence-electron chi connectivity index (χ1n) is 7.81. The van der Waals surface area contributed by atoms with Crippen LogP contribution in [0.25, 0.3) is 0 Å². The molecule has 0 saturated carbocycles. The first kappa shape index (κ1) is 16.4. The van der Waals surface area contributed by atoms with Crippen LogP contribution in [0.15, 0.2) is 24.3 Å². The average Bonchev–Trinajstić information content (AvgIpc) is 3.07. The number of hydrogen-bond acceptors (Lipinski definition) is 4. The molecular weight excluding hydrogens is 365 g/mol. The number of methoxy groups -OCH3 is 1. The van der Waals surface area contributed by atoms with Gasteiger partial charge in [0.2, 0.25) is 6.79 Å². The summed E-state index contributed by atoms with van der Waals surface area (Å²) in [6, 6.07) is 7.15. The van der Waals surface area contributed by atoms with Crippen LogP contribution in [0.4, 0.5) is 0 Å². The highest BCUT2D eigenvalue weighted by Crippen LogP contribution is 2.38. The molecule has 0 saturated heterocycles. The maximum atomic E-state index is 13.0. The Bertz CT molecular complexity index is 869. The second kappa shape index (κ2) is 6.32. The van der Waals surface area contributed by atoms with Crippen molar-refractivity contribution in [3.63, 3.8) is 0 Å². The lowest BCUT2D eigenvalue weighted by molar-refractivity contribution is 0.0731. The summed E-state index contributed by atoms with van der Waals surface area (Å²) in [5.41, 5.74) is 2.50. The van der Waals surface area contributed by atoms with E-state index >= 15 is 0 Å². The van der Waals surface area contributed by atoms with E-state index in [1.54, 1.807) is 17.0 Å². The molecular formula is C18H15Cl2NO4. The zero-order chi connectivity index (χ0) is 17.6. The van der Waals surface area contributed by atoms with E-state index in [-0.39, 0.29) is 12.7 Å². The fourth-order valence-corrected chi connectivity index (χ4v) is 3.67. The Morgan fingerprint density at radius 1 is 1.12 bits per heavy atom.